The van der Waals surface area contributed by atoms with E-state index in [2.05, 4.69) is 10.2 Å². The van der Waals surface area contributed by atoms with Crippen LogP contribution in [0.15, 0.2) is 22.6 Å². The van der Waals surface area contributed by atoms with Gasteiger partial charge in [-0.3, -0.25) is 0 Å². The Morgan fingerprint density at radius 2 is 2.06 bits per heavy atom. The zero-order chi connectivity index (χ0) is 11.7. The van der Waals surface area contributed by atoms with Crippen LogP contribution in [-0.4, -0.2) is 10.2 Å². The number of hydrogen-bond acceptors (Lipinski definition) is 3. The maximum atomic E-state index is 5.92. The van der Waals surface area contributed by atoms with Crippen LogP contribution in [0.1, 0.15) is 23.8 Å². The number of halogens is 2. The Morgan fingerprint density at radius 3 is 2.69 bits per heavy atom. The minimum Gasteiger partial charge on any atom is -0.419 e. The maximum absolute atomic E-state index is 5.92. The van der Waals surface area contributed by atoms with Crippen LogP contribution in [0.2, 0.25) is 5.02 Å². The Hall–Kier alpha value is -1.06. The summed E-state index contributed by atoms with van der Waals surface area (Å²) >= 11 is 11.8. The molecule has 0 fully saturated rings. The molecule has 1 heterocycles. The molecule has 0 aliphatic carbocycles. The summed E-state index contributed by atoms with van der Waals surface area (Å²) in [5.74, 6) is 0.860. The third-order valence-corrected chi connectivity index (χ3v) is 2.63. The predicted molar refractivity (Wildman–Crippen MR) is 63.7 cm³/mol. The lowest BCUT2D eigenvalue weighted by Crippen LogP contribution is -1.83. The molecule has 1 aromatic heterocycles. The van der Waals surface area contributed by atoms with Crippen molar-refractivity contribution in [2.75, 3.05) is 0 Å². The van der Waals surface area contributed by atoms with Gasteiger partial charge in [-0.05, 0) is 31.5 Å². The molecule has 0 amide bonds. The summed E-state index contributed by atoms with van der Waals surface area (Å²) in [5.41, 5.74) is 1.87. The number of aryl methyl sites for hydroxylation is 1. The van der Waals surface area contributed by atoms with Gasteiger partial charge in [-0.1, -0.05) is 17.7 Å². The first kappa shape index (κ1) is 11.4. The van der Waals surface area contributed by atoms with Gasteiger partial charge >= 0.3 is 0 Å². The average molecular weight is 257 g/mol. The highest BCUT2D eigenvalue weighted by molar-refractivity contribution is 6.30. The molecule has 0 aliphatic rings. The normalized spacial score (nSPS) is 12.8. The van der Waals surface area contributed by atoms with Gasteiger partial charge in [0.1, 0.15) is 5.38 Å². The average Bonchev–Trinajstić information content (AvgIpc) is 2.70. The molecule has 0 aliphatic heterocycles. The highest BCUT2D eigenvalue weighted by Crippen LogP contribution is 2.27. The standard InChI is InChI=1S/C11H10Cl2N2O/c1-6-3-4-8(13)5-9(6)11-15-14-10(16-11)7(2)12/h3-5,7H,1-2H3. The number of aromatic nitrogens is 2. The Labute approximate surface area is 103 Å². The highest BCUT2D eigenvalue weighted by atomic mass is 35.5. The summed E-state index contributed by atoms with van der Waals surface area (Å²) in [4.78, 5) is 0. The third kappa shape index (κ3) is 2.20. The van der Waals surface area contributed by atoms with Crippen molar-refractivity contribution in [1.82, 2.24) is 10.2 Å². The van der Waals surface area contributed by atoms with Gasteiger partial charge in [0.15, 0.2) is 0 Å². The molecule has 1 unspecified atom stereocenters. The molecule has 1 aromatic carbocycles. The minimum absolute atomic E-state index is 0.291. The molecule has 84 valence electrons. The van der Waals surface area contributed by atoms with Gasteiger partial charge in [0.25, 0.3) is 0 Å². The molecule has 0 bridgehead atoms. The molecule has 2 rings (SSSR count). The van der Waals surface area contributed by atoms with Gasteiger partial charge in [0, 0.05) is 10.6 Å². The zero-order valence-electron chi connectivity index (χ0n) is 8.87. The van der Waals surface area contributed by atoms with Crippen LogP contribution in [0, 0.1) is 6.92 Å². The van der Waals surface area contributed by atoms with Crippen LogP contribution >= 0.6 is 23.2 Å². The maximum Gasteiger partial charge on any atom is 0.248 e. The van der Waals surface area contributed by atoms with E-state index in [-0.39, 0.29) is 5.38 Å². The van der Waals surface area contributed by atoms with Crippen molar-refractivity contribution in [3.8, 4) is 11.5 Å². The lowest BCUT2D eigenvalue weighted by molar-refractivity contribution is 0.507. The quantitative estimate of drug-likeness (QED) is 0.763. The molecule has 0 radical (unpaired) electrons. The Morgan fingerprint density at radius 1 is 1.31 bits per heavy atom. The topological polar surface area (TPSA) is 38.9 Å². The van der Waals surface area contributed by atoms with Crippen molar-refractivity contribution < 1.29 is 4.42 Å². The third-order valence-electron chi connectivity index (χ3n) is 2.21. The largest absolute Gasteiger partial charge is 0.419 e. The van der Waals surface area contributed by atoms with E-state index in [1.807, 2.05) is 19.1 Å². The van der Waals surface area contributed by atoms with Crippen molar-refractivity contribution in [2.45, 2.75) is 19.2 Å². The molecule has 0 saturated heterocycles. The van der Waals surface area contributed by atoms with Crippen LogP contribution < -0.4 is 0 Å². The number of nitrogens with zero attached hydrogens (tertiary/aromatic N) is 2. The lowest BCUT2D eigenvalue weighted by Gasteiger charge is -2.01. The fourth-order valence-corrected chi connectivity index (χ4v) is 1.59. The zero-order valence-corrected chi connectivity index (χ0v) is 10.4. The molecule has 1 atom stereocenters. The lowest BCUT2D eigenvalue weighted by atomic mass is 10.1. The molecule has 0 N–H and O–H groups in total. The first-order valence-corrected chi connectivity index (χ1v) is 5.63. The smallest absolute Gasteiger partial charge is 0.248 e. The van der Waals surface area contributed by atoms with E-state index in [0.717, 1.165) is 11.1 Å². The van der Waals surface area contributed by atoms with Crippen molar-refractivity contribution in [3.63, 3.8) is 0 Å². The van der Waals surface area contributed by atoms with E-state index in [1.165, 1.54) is 0 Å². The Kier molecular flexibility index (Phi) is 3.17. The second-order valence-corrected chi connectivity index (χ2v) is 4.61. The van der Waals surface area contributed by atoms with Crippen LogP contribution in [-0.2, 0) is 0 Å². The van der Waals surface area contributed by atoms with Crippen molar-refractivity contribution in [2.24, 2.45) is 0 Å². The van der Waals surface area contributed by atoms with Crippen LogP contribution in [0.25, 0.3) is 11.5 Å². The van der Waals surface area contributed by atoms with E-state index in [9.17, 15) is 0 Å². The summed E-state index contributed by atoms with van der Waals surface area (Å²) < 4.78 is 5.45. The summed E-state index contributed by atoms with van der Waals surface area (Å²) in [6.45, 7) is 3.74. The van der Waals surface area contributed by atoms with Gasteiger partial charge in [0.2, 0.25) is 11.8 Å². The van der Waals surface area contributed by atoms with Gasteiger partial charge in [0.05, 0.1) is 0 Å². The van der Waals surface area contributed by atoms with E-state index >= 15 is 0 Å². The van der Waals surface area contributed by atoms with E-state index in [4.69, 9.17) is 27.6 Å². The van der Waals surface area contributed by atoms with Crippen LogP contribution in [0.4, 0.5) is 0 Å². The number of alkyl halides is 1. The molecule has 0 saturated carbocycles. The predicted octanol–water partition coefficient (Wildman–Crippen LogP) is 4.00. The molecule has 16 heavy (non-hydrogen) atoms. The van der Waals surface area contributed by atoms with Gasteiger partial charge < -0.3 is 4.42 Å². The van der Waals surface area contributed by atoms with Crippen LogP contribution in [0.3, 0.4) is 0 Å². The minimum atomic E-state index is -0.291. The summed E-state index contributed by atoms with van der Waals surface area (Å²) in [5, 5.41) is 8.17. The second-order valence-electron chi connectivity index (χ2n) is 3.52. The number of rotatable bonds is 2. The molecule has 2 aromatic rings. The van der Waals surface area contributed by atoms with Crippen molar-refractivity contribution in [3.05, 3.63) is 34.7 Å². The molecule has 5 heteroatoms. The second kappa shape index (κ2) is 4.44. The van der Waals surface area contributed by atoms with E-state index in [1.54, 1.807) is 13.0 Å². The van der Waals surface area contributed by atoms with Gasteiger partial charge in [-0.25, -0.2) is 0 Å². The summed E-state index contributed by atoms with van der Waals surface area (Å²) in [6.07, 6.45) is 0. The fourth-order valence-electron chi connectivity index (χ4n) is 1.33. The molecule has 0 spiro atoms. The monoisotopic (exact) mass is 256 g/mol. The van der Waals surface area contributed by atoms with Gasteiger partial charge in [-0.15, -0.1) is 21.8 Å². The van der Waals surface area contributed by atoms with Crippen molar-refractivity contribution in [1.29, 1.82) is 0 Å². The summed E-state index contributed by atoms with van der Waals surface area (Å²) in [7, 11) is 0. The Bertz CT molecular complexity index is 508. The fraction of sp³-hybridized carbons (Fsp3) is 0.273. The first-order valence-electron chi connectivity index (χ1n) is 4.82. The summed E-state index contributed by atoms with van der Waals surface area (Å²) in [6, 6.07) is 5.53. The SMILES string of the molecule is Cc1ccc(Cl)cc1-c1nnc(C(C)Cl)o1. The van der Waals surface area contributed by atoms with E-state index < -0.39 is 0 Å². The first-order chi connectivity index (χ1) is 7.58. The van der Waals surface area contributed by atoms with E-state index in [0.29, 0.717) is 16.8 Å². The molecular formula is C11H10Cl2N2O. The number of hydrogen-bond donors (Lipinski definition) is 0. The Balaban J connectivity index is 2.46. The molecule has 3 nitrogen and oxygen atoms in total. The molecular weight excluding hydrogens is 247 g/mol. The highest BCUT2D eigenvalue weighted by Gasteiger charge is 2.14. The van der Waals surface area contributed by atoms with Crippen LogP contribution in [0.5, 0.6) is 0 Å². The van der Waals surface area contributed by atoms with Gasteiger partial charge in [-0.2, -0.15) is 0 Å². The van der Waals surface area contributed by atoms with Crippen molar-refractivity contribution >= 4 is 23.2 Å². The number of benzene rings is 1.